The van der Waals surface area contributed by atoms with Crippen LogP contribution in [-0.2, 0) is 21.2 Å². The van der Waals surface area contributed by atoms with Gasteiger partial charge in [0.05, 0.1) is 19.1 Å². The Bertz CT molecular complexity index is 672. The maximum atomic E-state index is 12.3. The quantitative estimate of drug-likeness (QED) is 0.818. The first-order valence-electron chi connectivity index (χ1n) is 6.97. The Morgan fingerprint density at radius 2 is 1.95 bits per heavy atom. The number of ether oxygens (including phenoxy) is 2. The molecule has 1 aliphatic rings. The minimum absolute atomic E-state index is 0.115. The number of methoxy groups -OCH3 is 2. The van der Waals surface area contributed by atoms with Crippen LogP contribution in [0.4, 0.5) is 0 Å². The van der Waals surface area contributed by atoms with E-state index in [-0.39, 0.29) is 17.2 Å². The fourth-order valence-electron chi connectivity index (χ4n) is 2.34. The number of rotatable bonds is 5. The zero-order chi connectivity index (χ0) is 16.3. The zero-order valence-electron chi connectivity index (χ0n) is 12.8. The molecule has 22 heavy (non-hydrogen) atoms. The molecule has 1 aliphatic heterocycles. The Hall–Kier alpha value is -1.80. The highest BCUT2D eigenvalue weighted by molar-refractivity contribution is 7.89. The van der Waals surface area contributed by atoms with Crippen LogP contribution in [0.15, 0.2) is 17.0 Å². The van der Waals surface area contributed by atoms with Crippen molar-refractivity contribution in [1.29, 1.82) is 0 Å². The molecular weight excluding hydrogens is 308 g/mol. The summed E-state index contributed by atoms with van der Waals surface area (Å²) in [5.74, 6) is 0.442. The maximum Gasteiger partial charge on any atom is 0.241 e. The minimum atomic E-state index is -3.77. The highest BCUT2D eigenvalue weighted by Gasteiger charge is 2.34. The van der Waals surface area contributed by atoms with Gasteiger partial charge in [0, 0.05) is 12.6 Å². The van der Waals surface area contributed by atoms with Gasteiger partial charge in [0.25, 0.3) is 0 Å². The van der Waals surface area contributed by atoms with E-state index in [1.807, 2.05) is 6.92 Å². The Labute approximate surface area is 130 Å². The predicted molar refractivity (Wildman–Crippen MR) is 80.7 cm³/mol. The summed E-state index contributed by atoms with van der Waals surface area (Å²) in [5.41, 5.74) is 0.535. The molecule has 8 heteroatoms. The monoisotopic (exact) mass is 328 g/mol. The minimum Gasteiger partial charge on any atom is -0.493 e. The summed E-state index contributed by atoms with van der Waals surface area (Å²) in [6.07, 6.45) is 1.05. The lowest BCUT2D eigenvalue weighted by molar-refractivity contribution is -0.122. The van der Waals surface area contributed by atoms with Gasteiger partial charge in [-0.3, -0.25) is 4.79 Å². The molecule has 0 saturated carbocycles. The molecule has 1 amide bonds. The highest BCUT2D eigenvalue weighted by Crippen LogP contribution is 2.35. The second kappa shape index (κ2) is 6.53. The molecule has 1 atom stereocenters. The van der Waals surface area contributed by atoms with Crippen LogP contribution < -0.4 is 19.5 Å². The SMILES string of the molecule is CCCNC(=O)C1Cc2cc(OC)c(OC)cc2S(=O)(=O)N1. The lowest BCUT2D eigenvalue weighted by Gasteiger charge is -2.26. The van der Waals surface area contributed by atoms with Gasteiger partial charge in [0.1, 0.15) is 6.04 Å². The number of carbonyl (C=O) groups excluding carboxylic acids is 1. The average molecular weight is 328 g/mol. The van der Waals surface area contributed by atoms with E-state index >= 15 is 0 Å². The lowest BCUT2D eigenvalue weighted by Crippen LogP contribution is -2.50. The van der Waals surface area contributed by atoms with Gasteiger partial charge in [-0.25, -0.2) is 8.42 Å². The highest BCUT2D eigenvalue weighted by atomic mass is 32.2. The van der Waals surface area contributed by atoms with E-state index in [1.54, 1.807) is 6.07 Å². The Morgan fingerprint density at radius 3 is 2.55 bits per heavy atom. The van der Waals surface area contributed by atoms with Gasteiger partial charge in [0.15, 0.2) is 11.5 Å². The van der Waals surface area contributed by atoms with Gasteiger partial charge < -0.3 is 14.8 Å². The number of carbonyl (C=O) groups is 1. The zero-order valence-corrected chi connectivity index (χ0v) is 13.6. The normalized spacial score (nSPS) is 19.1. The van der Waals surface area contributed by atoms with Crippen molar-refractivity contribution in [3.05, 3.63) is 17.7 Å². The van der Waals surface area contributed by atoms with Crippen molar-refractivity contribution >= 4 is 15.9 Å². The summed E-state index contributed by atoms with van der Waals surface area (Å²) in [6, 6.07) is 2.20. The van der Waals surface area contributed by atoms with Crippen LogP contribution in [-0.4, -0.2) is 41.1 Å². The Balaban J connectivity index is 2.39. The second-order valence-electron chi connectivity index (χ2n) is 4.98. The van der Waals surface area contributed by atoms with Crippen LogP contribution in [0.5, 0.6) is 11.5 Å². The smallest absolute Gasteiger partial charge is 0.241 e. The Kier molecular flexibility index (Phi) is 4.92. The van der Waals surface area contributed by atoms with Gasteiger partial charge in [-0.15, -0.1) is 0 Å². The van der Waals surface area contributed by atoms with E-state index in [4.69, 9.17) is 9.47 Å². The average Bonchev–Trinajstić information content (AvgIpc) is 2.50. The third-order valence-electron chi connectivity index (χ3n) is 3.44. The summed E-state index contributed by atoms with van der Waals surface area (Å²) in [7, 11) is -0.849. The summed E-state index contributed by atoms with van der Waals surface area (Å²) in [6.45, 7) is 2.44. The van der Waals surface area contributed by atoms with E-state index in [0.29, 0.717) is 23.6 Å². The molecule has 0 fully saturated rings. The van der Waals surface area contributed by atoms with Crippen LogP contribution in [0.1, 0.15) is 18.9 Å². The Morgan fingerprint density at radius 1 is 1.32 bits per heavy atom. The summed E-state index contributed by atoms with van der Waals surface area (Å²) < 4.78 is 37.4. The van der Waals surface area contributed by atoms with E-state index < -0.39 is 16.1 Å². The van der Waals surface area contributed by atoms with Crippen LogP contribution in [0, 0.1) is 0 Å². The fourth-order valence-corrected chi connectivity index (χ4v) is 3.78. The molecule has 0 spiro atoms. The van der Waals surface area contributed by atoms with Gasteiger partial charge in [-0.2, -0.15) is 4.72 Å². The maximum absolute atomic E-state index is 12.3. The first-order chi connectivity index (χ1) is 10.4. The third-order valence-corrected chi connectivity index (χ3v) is 5.00. The third kappa shape index (κ3) is 3.17. The topological polar surface area (TPSA) is 93.7 Å². The summed E-state index contributed by atoms with van der Waals surface area (Å²) in [4.78, 5) is 12.2. The van der Waals surface area contributed by atoms with Crippen molar-refractivity contribution in [2.45, 2.75) is 30.7 Å². The fraction of sp³-hybridized carbons (Fsp3) is 0.500. The molecule has 7 nitrogen and oxygen atoms in total. The van der Waals surface area contributed by atoms with Gasteiger partial charge in [-0.05, 0) is 24.5 Å². The molecule has 122 valence electrons. The van der Waals surface area contributed by atoms with Gasteiger partial charge >= 0.3 is 0 Å². The molecule has 0 radical (unpaired) electrons. The van der Waals surface area contributed by atoms with Crippen LogP contribution in [0.3, 0.4) is 0 Å². The standard InChI is InChI=1S/C14H20N2O5S/c1-4-5-15-14(17)10-6-9-7-11(20-2)12(21-3)8-13(9)22(18,19)16-10/h7-8,10,16H,4-6H2,1-3H3,(H,15,17). The number of benzene rings is 1. The first-order valence-corrected chi connectivity index (χ1v) is 8.46. The van der Waals surface area contributed by atoms with Crippen molar-refractivity contribution in [3.63, 3.8) is 0 Å². The molecule has 0 bridgehead atoms. The number of fused-ring (bicyclic) bond motifs is 1. The molecule has 1 aromatic rings. The van der Waals surface area contributed by atoms with Crippen molar-refractivity contribution < 1.29 is 22.7 Å². The predicted octanol–water partition coefficient (Wildman–Crippen LogP) is 0.433. The molecule has 2 rings (SSSR count). The molecule has 1 aromatic carbocycles. The van der Waals surface area contributed by atoms with Crippen molar-refractivity contribution in [2.75, 3.05) is 20.8 Å². The molecule has 0 aliphatic carbocycles. The number of amides is 1. The molecule has 2 N–H and O–H groups in total. The molecule has 1 unspecified atom stereocenters. The number of nitrogens with one attached hydrogen (secondary N) is 2. The summed E-state index contributed by atoms with van der Waals surface area (Å²) in [5, 5.41) is 2.70. The lowest BCUT2D eigenvalue weighted by atomic mass is 10.0. The van der Waals surface area contributed by atoms with E-state index in [1.165, 1.54) is 20.3 Å². The second-order valence-corrected chi connectivity index (χ2v) is 6.67. The molecule has 0 saturated heterocycles. The van der Waals surface area contributed by atoms with Gasteiger partial charge in [0.2, 0.25) is 15.9 Å². The van der Waals surface area contributed by atoms with Crippen LogP contribution in [0.25, 0.3) is 0 Å². The largest absolute Gasteiger partial charge is 0.493 e. The van der Waals surface area contributed by atoms with E-state index in [2.05, 4.69) is 10.0 Å². The van der Waals surface area contributed by atoms with E-state index in [9.17, 15) is 13.2 Å². The van der Waals surface area contributed by atoms with Crippen molar-refractivity contribution in [3.8, 4) is 11.5 Å². The van der Waals surface area contributed by atoms with Gasteiger partial charge in [-0.1, -0.05) is 6.92 Å². The number of hydrogen-bond acceptors (Lipinski definition) is 5. The number of hydrogen-bond donors (Lipinski definition) is 2. The van der Waals surface area contributed by atoms with Crippen LogP contribution >= 0.6 is 0 Å². The number of sulfonamides is 1. The molecule has 0 aromatic heterocycles. The molecular formula is C14H20N2O5S. The molecule has 1 heterocycles. The van der Waals surface area contributed by atoms with Crippen LogP contribution in [0.2, 0.25) is 0 Å². The van der Waals surface area contributed by atoms with Crippen molar-refractivity contribution in [2.24, 2.45) is 0 Å². The van der Waals surface area contributed by atoms with Crippen molar-refractivity contribution in [1.82, 2.24) is 10.0 Å². The van der Waals surface area contributed by atoms with E-state index in [0.717, 1.165) is 6.42 Å². The first kappa shape index (κ1) is 16.6. The summed E-state index contributed by atoms with van der Waals surface area (Å²) >= 11 is 0.